The second-order valence-corrected chi connectivity index (χ2v) is 7.46. The van der Waals surface area contributed by atoms with Crippen LogP contribution >= 0.6 is 35.7 Å². The van der Waals surface area contributed by atoms with Crippen LogP contribution in [-0.4, -0.2) is 49.0 Å². The summed E-state index contributed by atoms with van der Waals surface area (Å²) in [5.41, 5.74) is 0. The SMILES string of the molecule is CCNC(=NCC1CCCS1)NCCCNC(=O)C1CCC1.I. The van der Waals surface area contributed by atoms with Gasteiger partial charge in [0.25, 0.3) is 0 Å². The van der Waals surface area contributed by atoms with Gasteiger partial charge in [-0.25, -0.2) is 0 Å². The first-order valence-corrected chi connectivity index (χ1v) is 9.76. The largest absolute Gasteiger partial charge is 0.357 e. The smallest absolute Gasteiger partial charge is 0.223 e. The van der Waals surface area contributed by atoms with Crippen molar-refractivity contribution < 1.29 is 4.79 Å². The number of hydrogen-bond donors (Lipinski definition) is 3. The molecule has 0 spiro atoms. The second kappa shape index (κ2) is 12.2. The van der Waals surface area contributed by atoms with E-state index in [4.69, 9.17) is 0 Å². The molecule has 0 aromatic heterocycles. The summed E-state index contributed by atoms with van der Waals surface area (Å²) in [5, 5.41) is 10.4. The first-order chi connectivity index (χ1) is 10.8. The molecule has 0 radical (unpaired) electrons. The highest BCUT2D eigenvalue weighted by Crippen LogP contribution is 2.26. The Bertz CT molecular complexity index is 371. The topological polar surface area (TPSA) is 65.5 Å². The summed E-state index contributed by atoms with van der Waals surface area (Å²) in [6, 6.07) is 0. The highest BCUT2D eigenvalue weighted by molar-refractivity contribution is 14.0. The van der Waals surface area contributed by atoms with E-state index in [9.17, 15) is 4.79 Å². The molecular weight excluding hydrogens is 423 g/mol. The number of nitrogens with zero attached hydrogens (tertiary/aromatic N) is 1. The number of aliphatic imine (C=N–C) groups is 1. The lowest BCUT2D eigenvalue weighted by Crippen LogP contribution is -2.40. The molecule has 1 heterocycles. The van der Waals surface area contributed by atoms with Crippen molar-refractivity contribution in [2.75, 3.05) is 31.9 Å². The molecule has 1 atom stereocenters. The van der Waals surface area contributed by atoms with Gasteiger partial charge in [0, 0.05) is 30.8 Å². The summed E-state index contributed by atoms with van der Waals surface area (Å²) in [6.07, 6.45) is 6.90. The van der Waals surface area contributed by atoms with E-state index < -0.39 is 0 Å². The Labute approximate surface area is 161 Å². The van der Waals surface area contributed by atoms with E-state index in [1.54, 1.807) is 0 Å². The molecule has 134 valence electrons. The number of carbonyl (C=O) groups is 1. The van der Waals surface area contributed by atoms with E-state index in [2.05, 4.69) is 27.9 Å². The lowest BCUT2D eigenvalue weighted by Gasteiger charge is -2.24. The molecule has 2 fully saturated rings. The molecule has 0 aromatic rings. The van der Waals surface area contributed by atoms with Crippen molar-refractivity contribution in [3.8, 4) is 0 Å². The molecule has 7 heteroatoms. The molecule has 5 nitrogen and oxygen atoms in total. The molecule has 1 saturated carbocycles. The minimum atomic E-state index is 0. The van der Waals surface area contributed by atoms with Gasteiger partial charge < -0.3 is 16.0 Å². The fraction of sp³-hybridized carbons (Fsp3) is 0.875. The van der Waals surface area contributed by atoms with Crippen molar-refractivity contribution in [3.63, 3.8) is 0 Å². The van der Waals surface area contributed by atoms with Crippen LogP contribution in [0, 0.1) is 5.92 Å². The van der Waals surface area contributed by atoms with Gasteiger partial charge in [-0.15, -0.1) is 24.0 Å². The fourth-order valence-corrected chi connectivity index (χ4v) is 3.82. The molecule has 0 aromatic carbocycles. The molecule has 1 aliphatic carbocycles. The van der Waals surface area contributed by atoms with Gasteiger partial charge in [-0.2, -0.15) is 11.8 Å². The summed E-state index contributed by atoms with van der Waals surface area (Å²) in [6.45, 7) is 5.45. The van der Waals surface area contributed by atoms with Gasteiger partial charge in [0.1, 0.15) is 0 Å². The lowest BCUT2D eigenvalue weighted by molar-refractivity contribution is -0.127. The molecule has 23 heavy (non-hydrogen) atoms. The Kier molecular flexibility index (Phi) is 11.1. The first kappa shape index (κ1) is 20.9. The number of halogens is 1. The Morgan fingerprint density at radius 2 is 1.91 bits per heavy atom. The Morgan fingerprint density at radius 3 is 2.52 bits per heavy atom. The zero-order valence-corrected chi connectivity index (χ0v) is 17.3. The van der Waals surface area contributed by atoms with Gasteiger partial charge >= 0.3 is 0 Å². The van der Waals surface area contributed by atoms with Crippen molar-refractivity contribution in [3.05, 3.63) is 0 Å². The number of nitrogens with one attached hydrogen (secondary N) is 3. The van der Waals surface area contributed by atoms with Gasteiger partial charge in [0.05, 0.1) is 6.54 Å². The zero-order valence-electron chi connectivity index (χ0n) is 14.1. The predicted molar refractivity (Wildman–Crippen MR) is 110 cm³/mol. The summed E-state index contributed by atoms with van der Waals surface area (Å²) in [5.74, 6) is 2.71. The number of carbonyl (C=O) groups excluding carboxylic acids is 1. The number of rotatable bonds is 8. The van der Waals surface area contributed by atoms with Crippen LogP contribution in [0.4, 0.5) is 0 Å². The van der Waals surface area contributed by atoms with E-state index >= 15 is 0 Å². The van der Waals surface area contributed by atoms with Crippen LogP contribution in [0.25, 0.3) is 0 Å². The monoisotopic (exact) mass is 454 g/mol. The minimum absolute atomic E-state index is 0. The highest BCUT2D eigenvalue weighted by Gasteiger charge is 2.24. The highest BCUT2D eigenvalue weighted by atomic mass is 127. The Morgan fingerprint density at radius 1 is 1.13 bits per heavy atom. The van der Waals surface area contributed by atoms with Gasteiger partial charge in [-0.05, 0) is 44.8 Å². The molecule has 0 bridgehead atoms. The molecule has 2 rings (SSSR count). The van der Waals surface area contributed by atoms with Gasteiger partial charge in [-0.1, -0.05) is 6.42 Å². The molecule has 1 unspecified atom stereocenters. The van der Waals surface area contributed by atoms with Gasteiger partial charge in [-0.3, -0.25) is 9.79 Å². The van der Waals surface area contributed by atoms with E-state index in [-0.39, 0.29) is 35.8 Å². The standard InChI is InChI=1S/C16H30N4OS.HI/c1-2-17-16(20-12-14-8-4-11-22-14)19-10-5-9-18-15(21)13-6-3-7-13;/h13-14H,2-12H2,1H3,(H,18,21)(H2,17,19,20);1H. The van der Waals surface area contributed by atoms with Crippen LogP contribution in [-0.2, 0) is 4.79 Å². The lowest BCUT2D eigenvalue weighted by atomic mass is 9.85. The average Bonchev–Trinajstić information content (AvgIpc) is 2.95. The van der Waals surface area contributed by atoms with Crippen LogP contribution in [0.15, 0.2) is 4.99 Å². The molecule has 1 amide bonds. The van der Waals surface area contributed by atoms with Crippen molar-refractivity contribution in [2.45, 2.75) is 50.7 Å². The van der Waals surface area contributed by atoms with Crippen molar-refractivity contribution in [1.82, 2.24) is 16.0 Å². The first-order valence-electron chi connectivity index (χ1n) is 8.71. The summed E-state index contributed by atoms with van der Waals surface area (Å²) < 4.78 is 0. The number of amides is 1. The van der Waals surface area contributed by atoms with Crippen LogP contribution in [0.5, 0.6) is 0 Å². The third kappa shape index (κ3) is 7.96. The van der Waals surface area contributed by atoms with Crippen molar-refractivity contribution in [1.29, 1.82) is 0 Å². The van der Waals surface area contributed by atoms with Crippen LogP contribution in [0.2, 0.25) is 0 Å². The normalized spacial score (nSPS) is 21.3. The van der Waals surface area contributed by atoms with Gasteiger partial charge in [0.15, 0.2) is 5.96 Å². The molecule has 1 aliphatic heterocycles. The third-order valence-corrected chi connectivity index (χ3v) is 5.62. The van der Waals surface area contributed by atoms with E-state index in [0.29, 0.717) is 5.25 Å². The minimum Gasteiger partial charge on any atom is -0.357 e. The zero-order chi connectivity index (χ0) is 15.6. The summed E-state index contributed by atoms with van der Waals surface area (Å²) in [4.78, 5) is 16.4. The van der Waals surface area contributed by atoms with Crippen LogP contribution in [0.3, 0.4) is 0 Å². The van der Waals surface area contributed by atoms with Crippen molar-refractivity contribution in [2.24, 2.45) is 10.9 Å². The number of thioether (sulfide) groups is 1. The Hall–Kier alpha value is -0.180. The average molecular weight is 454 g/mol. The third-order valence-electron chi connectivity index (χ3n) is 4.24. The summed E-state index contributed by atoms with van der Waals surface area (Å²) >= 11 is 2.04. The van der Waals surface area contributed by atoms with Crippen molar-refractivity contribution >= 4 is 47.6 Å². The van der Waals surface area contributed by atoms with Crippen LogP contribution in [0.1, 0.15) is 45.4 Å². The van der Waals surface area contributed by atoms with Gasteiger partial charge in [0.2, 0.25) is 5.91 Å². The summed E-state index contributed by atoms with van der Waals surface area (Å²) in [7, 11) is 0. The van der Waals surface area contributed by atoms with E-state index in [0.717, 1.165) is 51.4 Å². The maximum atomic E-state index is 11.7. The molecule has 2 aliphatic rings. The number of hydrogen-bond acceptors (Lipinski definition) is 3. The predicted octanol–water partition coefficient (Wildman–Crippen LogP) is 2.36. The molecular formula is C16H31IN4OS. The number of guanidine groups is 1. The molecule has 1 saturated heterocycles. The quantitative estimate of drug-likeness (QED) is 0.228. The maximum Gasteiger partial charge on any atom is 0.223 e. The second-order valence-electron chi connectivity index (χ2n) is 6.05. The van der Waals surface area contributed by atoms with E-state index in [1.165, 1.54) is 25.0 Å². The van der Waals surface area contributed by atoms with E-state index in [1.807, 2.05) is 11.8 Å². The fourth-order valence-electron chi connectivity index (χ4n) is 2.64. The molecule has 3 N–H and O–H groups in total. The maximum absolute atomic E-state index is 11.7. The van der Waals surface area contributed by atoms with Crippen LogP contribution < -0.4 is 16.0 Å². The Balaban J connectivity index is 0.00000264.